The van der Waals surface area contributed by atoms with Gasteiger partial charge in [0.15, 0.2) is 0 Å². The molecule has 0 saturated heterocycles. The van der Waals surface area contributed by atoms with E-state index in [-0.39, 0.29) is 11.3 Å². The van der Waals surface area contributed by atoms with Crippen molar-refractivity contribution in [2.24, 2.45) is 0 Å². The van der Waals surface area contributed by atoms with E-state index in [0.29, 0.717) is 22.8 Å². The predicted molar refractivity (Wildman–Crippen MR) is 91.6 cm³/mol. The van der Waals surface area contributed by atoms with Crippen LogP contribution < -0.4 is 11.1 Å². The molecule has 0 radical (unpaired) electrons. The normalized spacial score (nSPS) is 11.8. The lowest BCUT2D eigenvalue weighted by atomic mass is 10.2. The van der Waals surface area contributed by atoms with Crippen LogP contribution in [0.2, 0.25) is 0 Å². The Morgan fingerprint density at radius 3 is 2.85 bits per heavy atom. The molecule has 3 aromatic heterocycles. The van der Waals surface area contributed by atoms with Gasteiger partial charge in [-0.05, 0) is 38.1 Å². The second kappa shape index (κ2) is 7.18. The Hall–Kier alpha value is -3.49. The van der Waals surface area contributed by atoms with Crippen LogP contribution in [0, 0.1) is 12.9 Å². The summed E-state index contributed by atoms with van der Waals surface area (Å²) in [5.41, 5.74) is 7.48. The number of halogens is 1. The number of aryl methyl sites for hydroxylation is 1. The highest BCUT2D eigenvalue weighted by Gasteiger charge is 2.21. The van der Waals surface area contributed by atoms with E-state index < -0.39 is 18.1 Å². The third-order valence-corrected chi connectivity index (χ3v) is 3.62. The van der Waals surface area contributed by atoms with Crippen LogP contribution in [0.1, 0.15) is 24.3 Å². The van der Waals surface area contributed by atoms with Crippen molar-refractivity contribution < 1.29 is 18.4 Å². The Kier molecular flexibility index (Phi) is 4.78. The number of rotatable bonds is 4. The quantitative estimate of drug-likeness (QED) is 0.687. The maximum Gasteiger partial charge on any atom is 0.412 e. The molecule has 1 atom stereocenters. The molecule has 3 aromatic rings. The molecule has 8 nitrogen and oxygen atoms in total. The molecule has 3 heterocycles. The first-order valence-corrected chi connectivity index (χ1v) is 7.72. The number of pyridine rings is 2. The van der Waals surface area contributed by atoms with Gasteiger partial charge in [-0.15, -0.1) is 0 Å². The molecule has 0 bridgehead atoms. The number of nitrogen functional groups attached to an aromatic ring is 1. The summed E-state index contributed by atoms with van der Waals surface area (Å²) in [6.45, 7) is 3.20. The van der Waals surface area contributed by atoms with Crippen LogP contribution in [0.4, 0.5) is 20.6 Å². The van der Waals surface area contributed by atoms with E-state index in [1.807, 2.05) is 0 Å². The minimum Gasteiger partial charge on any atom is -0.441 e. The third kappa shape index (κ3) is 3.61. The van der Waals surface area contributed by atoms with E-state index in [2.05, 4.69) is 20.4 Å². The highest BCUT2D eigenvalue weighted by Crippen LogP contribution is 2.30. The van der Waals surface area contributed by atoms with E-state index in [0.717, 1.165) is 0 Å². The molecular formula is C17H16FN5O3. The van der Waals surface area contributed by atoms with Crippen LogP contribution in [-0.2, 0) is 4.74 Å². The number of amides is 1. The molecule has 0 spiro atoms. The molecule has 0 aromatic carbocycles. The second-order valence-electron chi connectivity index (χ2n) is 5.50. The van der Waals surface area contributed by atoms with E-state index in [4.69, 9.17) is 15.0 Å². The topological polar surface area (TPSA) is 116 Å². The summed E-state index contributed by atoms with van der Waals surface area (Å²) < 4.78 is 24.1. The largest absolute Gasteiger partial charge is 0.441 e. The minimum absolute atomic E-state index is 0.171. The summed E-state index contributed by atoms with van der Waals surface area (Å²) in [5.74, 6) is -0.430. The zero-order valence-electron chi connectivity index (χ0n) is 14.1. The van der Waals surface area contributed by atoms with Gasteiger partial charge in [0.1, 0.15) is 23.2 Å². The third-order valence-electron chi connectivity index (χ3n) is 3.62. The van der Waals surface area contributed by atoms with Crippen molar-refractivity contribution in [1.82, 2.24) is 15.1 Å². The molecule has 0 aliphatic heterocycles. The number of nitrogens with one attached hydrogen (secondary N) is 1. The summed E-state index contributed by atoms with van der Waals surface area (Å²) in [5, 5.41) is 6.39. The fourth-order valence-corrected chi connectivity index (χ4v) is 2.29. The summed E-state index contributed by atoms with van der Waals surface area (Å²) >= 11 is 0. The summed E-state index contributed by atoms with van der Waals surface area (Å²) in [6, 6.07) is 6.34. The zero-order chi connectivity index (χ0) is 18.7. The van der Waals surface area contributed by atoms with Crippen LogP contribution in [0.25, 0.3) is 11.5 Å². The Labute approximate surface area is 148 Å². The van der Waals surface area contributed by atoms with Gasteiger partial charge in [-0.2, -0.15) is 4.39 Å². The lowest BCUT2D eigenvalue weighted by molar-refractivity contribution is 0.118. The van der Waals surface area contributed by atoms with Crippen LogP contribution in [-0.4, -0.2) is 21.2 Å². The van der Waals surface area contributed by atoms with Crippen molar-refractivity contribution in [3.05, 3.63) is 53.9 Å². The van der Waals surface area contributed by atoms with E-state index in [1.54, 1.807) is 32.0 Å². The number of ether oxygens (including phenoxy) is 1. The van der Waals surface area contributed by atoms with Gasteiger partial charge in [-0.1, -0.05) is 5.16 Å². The number of nitrogens with two attached hydrogens (primary N) is 1. The average molecular weight is 357 g/mol. The zero-order valence-corrected chi connectivity index (χ0v) is 14.1. The Balaban J connectivity index is 1.77. The fraction of sp³-hybridized carbons (Fsp3) is 0.176. The first-order chi connectivity index (χ1) is 12.5. The Bertz CT molecular complexity index is 926. The van der Waals surface area contributed by atoms with Crippen LogP contribution in [0.15, 0.2) is 41.2 Å². The number of anilines is 2. The maximum atomic E-state index is 13.7. The number of hydrogen-bond donors (Lipinski definition) is 2. The number of aromatic nitrogens is 3. The van der Waals surface area contributed by atoms with Gasteiger partial charge in [-0.3, -0.25) is 10.3 Å². The molecule has 3 N–H and O–H groups in total. The van der Waals surface area contributed by atoms with Crippen LogP contribution in [0.5, 0.6) is 0 Å². The molecular weight excluding hydrogens is 341 g/mol. The highest BCUT2D eigenvalue weighted by atomic mass is 19.1. The fourth-order valence-electron chi connectivity index (χ4n) is 2.29. The highest BCUT2D eigenvalue weighted by molar-refractivity contribution is 5.90. The number of carbonyl (C=O) groups is 1. The smallest absolute Gasteiger partial charge is 0.412 e. The summed E-state index contributed by atoms with van der Waals surface area (Å²) in [7, 11) is 0. The molecule has 1 unspecified atom stereocenters. The summed E-state index contributed by atoms with van der Waals surface area (Å²) in [6.07, 6.45) is 1.16. The molecule has 1 amide bonds. The first kappa shape index (κ1) is 17.3. The predicted octanol–water partition coefficient (Wildman–Crippen LogP) is 3.47. The van der Waals surface area contributed by atoms with Crippen molar-refractivity contribution in [3.8, 4) is 11.5 Å². The number of carbonyl (C=O) groups excluding carboxylic acids is 1. The molecule has 3 rings (SSSR count). The van der Waals surface area contributed by atoms with Crippen molar-refractivity contribution >= 4 is 17.5 Å². The number of nitrogens with zero attached hydrogens (tertiary/aromatic N) is 3. The lowest BCUT2D eigenvalue weighted by Gasteiger charge is -2.14. The average Bonchev–Trinajstić information content (AvgIpc) is 2.96. The van der Waals surface area contributed by atoms with E-state index in [1.165, 1.54) is 18.5 Å². The molecule has 26 heavy (non-hydrogen) atoms. The van der Waals surface area contributed by atoms with Gasteiger partial charge in [0, 0.05) is 11.8 Å². The molecule has 0 saturated carbocycles. The molecule has 134 valence electrons. The van der Waals surface area contributed by atoms with Crippen molar-refractivity contribution in [2.75, 3.05) is 11.1 Å². The summed E-state index contributed by atoms with van der Waals surface area (Å²) in [4.78, 5) is 19.9. The van der Waals surface area contributed by atoms with Crippen molar-refractivity contribution in [1.29, 1.82) is 0 Å². The van der Waals surface area contributed by atoms with Gasteiger partial charge >= 0.3 is 6.09 Å². The van der Waals surface area contributed by atoms with Gasteiger partial charge in [-0.25, -0.2) is 9.78 Å². The Morgan fingerprint density at radius 2 is 2.15 bits per heavy atom. The molecule has 9 heteroatoms. The van der Waals surface area contributed by atoms with E-state index in [9.17, 15) is 9.18 Å². The second-order valence-corrected chi connectivity index (χ2v) is 5.50. The minimum atomic E-state index is -0.832. The van der Waals surface area contributed by atoms with Gasteiger partial charge in [0.05, 0.1) is 11.9 Å². The van der Waals surface area contributed by atoms with Crippen LogP contribution in [0.3, 0.4) is 0 Å². The molecule has 0 aliphatic carbocycles. The van der Waals surface area contributed by atoms with Gasteiger partial charge in [0.2, 0.25) is 11.7 Å². The van der Waals surface area contributed by atoms with Crippen LogP contribution >= 0.6 is 0 Å². The lowest BCUT2D eigenvalue weighted by Crippen LogP contribution is -2.17. The van der Waals surface area contributed by atoms with E-state index >= 15 is 0 Å². The van der Waals surface area contributed by atoms with Crippen molar-refractivity contribution in [3.63, 3.8) is 0 Å². The van der Waals surface area contributed by atoms with Gasteiger partial charge in [0.25, 0.3) is 0 Å². The first-order valence-electron chi connectivity index (χ1n) is 7.72. The van der Waals surface area contributed by atoms with Crippen molar-refractivity contribution in [2.45, 2.75) is 20.0 Å². The molecule has 0 aliphatic rings. The SMILES string of the molecule is Cc1noc(-c2ccc(N)cn2)c1NC(=O)OC(C)c1cccnc1F. The Morgan fingerprint density at radius 1 is 1.35 bits per heavy atom. The standard InChI is InChI=1S/C17H16FN5O3/c1-9-14(15(26-23-9)13-6-5-11(19)8-21-13)22-17(24)25-10(2)12-4-3-7-20-16(12)18/h3-8,10H,19H2,1-2H3,(H,22,24). The van der Waals surface area contributed by atoms with Gasteiger partial charge < -0.3 is 15.0 Å². The number of hydrogen-bond acceptors (Lipinski definition) is 7. The molecule has 0 fully saturated rings. The monoisotopic (exact) mass is 357 g/mol. The maximum absolute atomic E-state index is 13.7.